The van der Waals surface area contributed by atoms with Gasteiger partial charge in [0.25, 0.3) is 5.91 Å². The molecular weight excluding hydrogens is 645 g/mol. The van der Waals surface area contributed by atoms with Gasteiger partial charge in [0, 0.05) is 31.7 Å². The largest absolute Gasteiger partial charge is 0.484 e. The van der Waals surface area contributed by atoms with Crippen molar-refractivity contribution in [1.29, 1.82) is 0 Å². The fraction of sp³-hybridized carbons (Fsp3) is 0.364. The van der Waals surface area contributed by atoms with Gasteiger partial charge >= 0.3 is 0 Å². The van der Waals surface area contributed by atoms with E-state index in [1.165, 1.54) is 22.0 Å². The van der Waals surface area contributed by atoms with Crippen molar-refractivity contribution in [2.45, 2.75) is 56.8 Å². The van der Waals surface area contributed by atoms with E-state index in [2.05, 4.69) is 76.1 Å². The van der Waals surface area contributed by atoms with Gasteiger partial charge in [-0.3, -0.25) is 14.5 Å². The monoisotopic (exact) mass is 681 g/mol. The number of carbonyl (C=O) groups excluding carboxylic acids is 2. The van der Waals surface area contributed by atoms with Crippen molar-refractivity contribution in [2.24, 2.45) is 0 Å². The number of piperidine rings is 1. The molecule has 0 unspecified atom stereocenters. The molecule has 0 aliphatic carbocycles. The smallest absolute Gasteiger partial charge is 0.258 e. The summed E-state index contributed by atoms with van der Waals surface area (Å²) in [5.74, 6) is -0.00380. The summed E-state index contributed by atoms with van der Waals surface area (Å²) in [6, 6.07) is 21.2. The number of thioether (sulfide) groups is 1. The van der Waals surface area contributed by atoms with Gasteiger partial charge in [0.1, 0.15) is 5.75 Å². The number of nitrogens with zero attached hydrogens (tertiary/aromatic N) is 5. The first-order chi connectivity index (χ1) is 22.0. The van der Waals surface area contributed by atoms with E-state index in [-0.39, 0.29) is 40.7 Å². The number of rotatable bonds is 11. The van der Waals surface area contributed by atoms with E-state index in [0.29, 0.717) is 27.3 Å². The third-order valence-electron chi connectivity index (χ3n) is 7.60. The second kappa shape index (κ2) is 15.3. The van der Waals surface area contributed by atoms with E-state index < -0.39 is 0 Å². The molecule has 2 amide bonds. The minimum atomic E-state index is -0.293. The number of likely N-dealkylation sites (tertiary alicyclic amines) is 1. The Morgan fingerprint density at radius 1 is 0.978 bits per heavy atom. The van der Waals surface area contributed by atoms with Crippen molar-refractivity contribution in [3.05, 3.63) is 87.9 Å². The van der Waals surface area contributed by atoms with Crippen molar-refractivity contribution in [1.82, 2.24) is 30.4 Å². The summed E-state index contributed by atoms with van der Waals surface area (Å²) >= 11 is 14.2. The number of amides is 2. The standard InChI is InChI=1S/C33H37Cl2N7O3S/c1-33(2,3)23-9-12-29(27(35)17-23)42-32(38-39-40-42)46-21-31(44)37-28-11-10-25(18-26(28)34)45-20-30(43)36-24-13-15-41(16-14-24)19-22-7-5-4-6-8-22/h4-12,17-18,24H,13-16,19-21H2,1-3H3,(H,36,43)(H,37,44). The molecule has 1 aliphatic rings. The normalized spacial score (nSPS) is 14.2. The van der Waals surface area contributed by atoms with E-state index >= 15 is 0 Å². The summed E-state index contributed by atoms with van der Waals surface area (Å²) in [6.07, 6.45) is 1.79. The van der Waals surface area contributed by atoms with Crippen molar-refractivity contribution in [3.63, 3.8) is 0 Å². The van der Waals surface area contributed by atoms with Gasteiger partial charge in [0.2, 0.25) is 11.1 Å². The predicted molar refractivity (Wildman–Crippen MR) is 182 cm³/mol. The molecule has 3 aromatic carbocycles. The van der Waals surface area contributed by atoms with Crippen LogP contribution in [0.4, 0.5) is 5.69 Å². The molecule has 4 aromatic rings. The van der Waals surface area contributed by atoms with E-state index in [1.807, 2.05) is 24.3 Å². The Morgan fingerprint density at radius 2 is 1.74 bits per heavy atom. The van der Waals surface area contributed by atoms with Crippen LogP contribution in [0.3, 0.4) is 0 Å². The minimum Gasteiger partial charge on any atom is -0.484 e. The highest BCUT2D eigenvalue weighted by atomic mass is 35.5. The number of hydrogen-bond donors (Lipinski definition) is 2. The molecule has 0 saturated carbocycles. The molecule has 1 aromatic heterocycles. The molecule has 1 aliphatic heterocycles. The third kappa shape index (κ3) is 9.22. The van der Waals surface area contributed by atoms with Gasteiger partial charge in [-0.1, -0.05) is 92.1 Å². The topological polar surface area (TPSA) is 114 Å². The van der Waals surface area contributed by atoms with Gasteiger partial charge < -0.3 is 15.4 Å². The first kappa shape index (κ1) is 33.7. The first-order valence-electron chi connectivity index (χ1n) is 15.0. The lowest BCUT2D eigenvalue weighted by atomic mass is 9.87. The maximum Gasteiger partial charge on any atom is 0.258 e. The summed E-state index contributed by atoms with van der Waals surface area (Å²) < 4.78 is 7.19. The Bertz CT molecular complexity index is 1650. The van der Waals surface area contributed by atoms with E-state index in [4.69, 9.17) is 27.9 Å². The van der Waals surface area contributed by atoms with Crippen molar-refractivity contribution < 1.29 is 14.3 Å². The number of halogens is 2. The Morgan fingerprint density at radius 3 is 2.43 bits per heavy atom. The van der Waals surface area contributed by atoms with Gasteiger partial charge in [-0.15, -0.1) is 5.10 Å². The fourth-order valence-electron chi connectivity index (χ4n) is 5.06. The summed E-state index contributed by atoms with van der Waals surface area (Å²) in [5, 5.41) is 19.0. The number of nitrogens with one attached hydrogen (secondary N) is 2. The number of tetrazole rings is 1. The Balaban J connectivity index is 1.06. The first-order valence-corrected chi connectivity index (χ1v) is 16.8. The highest BCUT2D eigenvalue weighted by Crippen LogP contribution is 2.31. The summed E-state index contributed by atoms with van der Waals surface area (Å²) in [6.45, 7) is 8.99. The second-order valence-corrected chi connectivity index (χ2v) is 13.9. The zero-order valence-corrected chi connectivity index (χ0v) is 28.3. The molecule has 46 heavy (non-hydrogen) atoms. The second-order valence-electron chi connectivity index (χ2n) is 12.2. The van der Waals surface area contributed by atoms with E-state index in [9.17, 15) is 9.59 Å². The summed E-state index contributed by atoms with van der Waals surface area (Å²) in [7, 11) is 0. The van der Waals surface area contributed by atoms with Crippen molar-refractivity contribution in [3.8, 4) is 11.4 Å². The molecular formula is C33H37Cl2N7O3S. The van der Waals surface area contributed by atoms with Crippen LogP contribution in [0, 0.1) is 0 Å². The zero-order valence-electron chi connectivity index (χ0n) is 26.0. The Hall–Kier alpha value is -3.64. The molecule has 0 bridgehead atoms. The van der Waals surface area contributed by atoms with Crippen LogP contribution in [-0.2, 0) is 21.5 Å². The van der Waals surface area contributed by atoms with Crippen LogP contribution in [0.15, 0.2) is 71.9 Å². The predicted octanol–water partition coefficient (Wildman–Crippen LogP) is 6.16. The van der Waals surface area contributed by atoms with Gasteiger partial charge in [0.15, 0.2) is 6.61 Å². The minimum absolute atomic E-state index is 0.0397. The van der Waals surface area contributed by atoms with Crippen LogP contribution < -0.4 is 15.4 Å². The molecule has 5 rings (SSSR count). The lowest BCUT2D eigenvalue weighted by Crippen LogP contribution is -2.45. The molecule has 242 valence electrons. The van der Waals surface area contributed by atoms with E-state index in [0.717, 1.165) is 38.0 Å². The maximum atomic E-state index is 12.7. The highest BCUT2D eigenvalue weighted by molar-refractivity contribution is 7.99. The van der Waals surface area contributed by atoms with Crippen LogP contribution in [-0.4, -0.2) is 68.4 Å². The molecule has 1 fully saturated rings. The SMILES string of the molecule is CC(C)(C)c1ccc(-n2nnnc2SCC(=O)Nc2ccc(OCC(=O)NC3CCN(Cc4ccccc4)CC3)cc2Cl)c(Cl)c1. The molecule has 0 spiro atoms. The van der Waals surface area contributed by atoms with Gasteiger partial charge in [0.05, 0.1) is 27.2 Å². The van der Waals surface area contributed by atoms with Crippen LogP contribution >= 0.6 is 35.0 Å². The van der Waals surface area contributed by atoms with Crippen LogP contribution in [0.1, 0.15) is 44.7 Å². The summed E-state index contributed by atoms with van der Waals surface area (Å²) in [5.41, 5.74) is 3.38. The molecule has 2 N–H and O–H groups in total. The molecule has 1 saturated heterocycles. The van der Waals surface area contributed by atoms with Crippen molar-refractivity contribution in [2.75, 3.05) is 30.8 Å². The molecule has 2 heterocycles. The molecule has 13 heteroatoms. The highest BCUT2D eigenvalue weighted by Gasteiger charge is 2.22. The van der Waals surface area contributed by atoms with Gasteiger partial charge in [-0.05, 0) is 64.1 Å². The number of carbonyl (C=O) groups is 2. The Kier molecular flexibility index (Phi) is 11.2. The lowest BCUT2D eigenvalue weighted by molar-refractivity contribution is -0.124. The molecule has 0 atom stereocenters. The average molecular weight is 683 g/mol. The number of hydrogen-bond acceptors (Lipinski definition) is 8. The lowest BCUT2D eigenvalue weighted by Gasteiger charge is -2.32. The van der Waals surface area contributed by atoms with Crippen LogP contribution in [0.25, 0.3) is 5.69 Å². The molecule has 10 nitrogen and oxygen atoms in total. The number of anilines is 1. The number of benzene rings is 3. The average Bonchev–Trinajstić information content (AvgIpc) is 3.49. The molecule has 0 radical (unpaired) electrons. The van der Waals surface area contributed by atoms with Gasteiger partial charge in [-0.2, -0.15) is 4.68 Å². The number of aromatic nitrogens is 4. The summed E-state index contributed by atoms with van der Waals surface area (Å²) in [4.78, 5) is 27.7. The number of ether oxygens (including phenoxy) is 1. The Labute approximate surface area is 283 Å². The van der Waals surface area contributed by atoms with Crippen molar-refractivity contribution >= 4 is 52.5 Å². The van der Waals surface area contributed by atoms with Crippen LogP contribution in [0.2, 0.25) is 10.0 Å². The van der Waals surface area contributed by atoms with Crippen LogP contribution in [0.5, 0.6) is 5.75 Å². The third-order valence-corrected chi connectivity index (χ3v) is 9.14. The maximum absolute atomic E-state index is 12.7. The quantitative estimate of drug-likeness (QED) is 0.181. The van der Waals surface area contributed by atoms with Gasteiger partial charge in [-0.25, -0.2) is 0 Å². The zero-order chi connectivity index (χ0) is 32.7. The van der Waals surface area contributed by atoms with E-state index in [1.54, 1.807) is 18.2 Å². The fourth-order valence-corrected chi connectivity index (χ4v) is 6.23.